The molecule has 0 unspecified atom stereocenters. The first kappa shape index (κ1) is 18.6. The Balaban J connectivity index is 1.20. The van der Waals surface area contributed by atoms with Crippen molar-refractivity contribution >= 4 is 5.91 Å². The first-order valence-electron chi connectivity index (χ1n) is 10.9. The lowest BCUT2D eigenvalue weighted by Crippen LogP contribution is -2.43. The third-order valence-electron chi connectivity index (χ3n) is 7.31. The molecule has 0 aliphatic carbocycles. The second-order valence-electron chi connectivity index (χ2n) is 8.97. The molecule has 5 heterocycles. The number of rotatable bonds is 6. The number of likely N-dealkylation sites (tertiary alicyclic amines) is 1. The number of amides is 1. The monoisotopic (exact) mass is 389 g/mol. The lowest BCUT2D eigenvalue weighted by molar-refractivity contribution is -0.128. The van der Waals surface area contributed by atoms with E-state index in [-0.39, 0.29) is 17.4 Å². The molecule has 1 spiro atoms. The molecular weight excluding hydrogens is 358 g/mol. The van der Waals surface area contributed by atoms with Crippen molar-refractivity contribution in [3.63, 3.8) is 0 Å². The van der Waals surface area contributed by atoms with Gasteiger partial charge in [0.15, 0.2) is 5.76 Å². The molecular formula is C21H31N3O4. The SMILES string of the molecule is CCc1cc(CN2C[C@@H]3[C@H](CNC(=O)C4CCOCC4)[C@H]4CC[C@]3(C2)O4)on1. The van der Waals surface area contributed by atoms with E-state index in [4.69, 9.17) is 14.0 Å². The largest absolute Gasteiger partial charge is 0.381 e. The van der Waals surface area contributed by atoms with Crippen LogP contribution in [-0.2, 0) is 27.2 Å². The number of carbonyl (C=O) groups is 1. The van der Waals surface area contributed by atoms with Crippen LogP contribution in [0.15, 0.2) is 10.6 Å². The van der Waals surface area contributed by atoms with Crippen molar-refractivity contribution in [2.75, 3.05) is 32.8 Å². The van der Waals surface area contributed by atoms with Gasteiger partial charge in [-0.3, -0.25) is 9.69 Å². The highest BCUT2D eigenvalue weighted by Crippen LogP contribution is 2.54. The zero-order chi connectivity index (χ0) is 19.1. The topological polar surface area (TPSA) is 76.8 Å². The van der Waals surface area contributed by atoms with Crippen molar-refractivity contribution < 1.29 is 18.8 Å². The molecule has 0 saturated carbocycles. The average molecular weight is 389 g/mol. The van der Waals surface area contributed by atoms with Crippen LogP contribution in [-0.4, -0.2) is 60.5 Å². The van der Waals surface area contributed by atoms with E-state index >= 15 is 0 Å². The Morgan fingerprint density at radius 2 is 2.21 bits per heavy atom. The lowest BCUT2D eigenvalue weighted by atomic mass is 9.73. The van der Waals surface area contributed by atoms with Gasteiger partial charge in [-0.2, -0.15) is 0 Å². The van der Waals surface area contributed by atoms with Crippen molar-refractivity contribution in [2.45, 2.75) is 57.3 Å². The molecule has 1 N–H and O–H groups in total. The number of nitrogens with zero attached hydrogens (tertiary/aromatic N) is 2. The van der Waals surface area contributed by atoms with Crippen LogP contribution in [0.25, 0.3) is 0 Å². The van der Waals surface area contributed by atoms with Crippen molar-refractivity contribution in [2.24, 2.45) is 17.8 Å². The fourth-order valence-electron chi connectivity index (χ4n) is 5.82. The summed E-state index contributed by atoms with van der Waals surface area (Å²) in [6.07, 6.45) is 5.14. The summed E-state index contributed by atoms with van der Waals surface area (Å²) in [5.74, 6) is 2.16. The molecule has 7 nitrogen and oxygen atoms in total. The number of nitrogens with one attached hydrogen (secondary N) is 1. The smallest absolute Gasteiger partial charge is 0.223 e. The molecule has 1 aromatic heterocycles. The van der Waals surface area contributed by atoms with Crippen LogP contribution in [0.2, 0.25) is 0 Å². The first-order valence-corrected chi connectivity index (χ1v) is 10.9. The Labute approximate surface area is 166 Å². The molecule has 7 heteroatoms. The van der Waals surface area contributed by atoms with Gasteiger partial charge < -0.3 is 19.3 Å². The fraction of sp³-hybridized carbons (Fsp3) is 0.810. The molecule has 4 aliphatic heterocycles. The molecule has 0 aromatic carbocycles. The minimum absolute atomic E-state index is 0.0215. The van der Waals surface area contributed by atoms with Gasteiger partial charge in [-0.05, 0) is 32.1 Å². The fourth-order valence-corrected chi connectivity index (χ4v) is 5.82. The summed E-state index contributed by atoms with van der Waals surface area (Å²) in [5.41, 5.74) is 0.991. The van der Waals surface area contributed by atoms with E-state index in [0.717, 1.165) is 69.7 Å². The highest BCUT2D eigenvalue weighted by atomic mass is 16.5. The van der Waals surface area contributed by atoms with E-state index in [9.17, 15) is 4.79 Å². The zero-order valence-corrected chi connectivity index (χ0v) is 16.7. The number of fused-ring (bicyclic) bond motifs is 1. The summed E-state index contributed by atoms with van der Waals surface area (Å²) >= 11 is 0. The minimum Gasteiger partial charge on any atom is -0.381 e. The molecule has 1 amide bonds. The van der Waals surface area contributed by atoms with Crippen molar-refractivity contribution in [3.8, 4) is 0 Å². The van der Waals surface area contributed by atoms with Crippen molar-refractivity contribution in [1.29, 1.82) is 0 Å². The van der Waals surface area contributed by atoms with Crippen LogP contribution in [0, 0.1) is 17.8 Å². The van der Waals surface area contributed by atoms with Crippen LogP contribution in [0.5, 0.6) is 0 Å². The summed E-state index contributed by atoms with van der Waals surface area (Å²) in [4.78, 5) is 15.0. The standard InChI is InChI=1S/C21H31N3O4/c1-2-15-9-16(28-23-15)11-24-12-18-17(19-3-6-21(18,13-24)27-19)10-22-20(25)14-4-7-26-8-5-14/h9,14,17-19H,2-8,10-13H2,1H3,(H,22,25)/t17-,18+,19+,21+/m0/s1. The second-order valence-corrected chi connectivity index (χ2v) is 8.97. The number of aryl methyl sites for hydroxylation is 1. The molecule has 154 valence electrons. The van der Waals surface area contributed by atoms with Gasteiger partial charge >= 0.3 is 0 Å². The van der Waals surface area contributed by atoms with Crippen LogP contribution in [0.4, 0.5) is 0 Å². The van der Waals surface area contributed by atoms with Gasteiger partial charge in [0.05, 0.1) is 23.9 Å². The molecule has 2 bridgehead atoms. The first-order chi connectivity index (χ1) is 13.7. The van der Waals surface area contributed by atoms with Crippen LogP contribution in [0.3, 0.4) is 0 Å². The Hall–Kier alpha value is -1.44. The number of carbonyl (C=O) groups excluding carboxylic acids is 1. The average Bonchev–Trinajstić information content (AvgIpc) is 3.47. The van der Waals surface area contributed by atoms with E-state index in [2.05, 4.69) is 28.4 Å². The maximum atomic E-state index is 12.6. The molecule has 4 fully saturated rings. The third-order valence-corrected chi connectivity index (χ3v) is 7.31. The maximum Gasteiger partial charge on any atom is 0.223 e. The van der Waals surface area contributed by atoms with Crippen LogP contribution in [0.1, 0.15) is 44.1 Å². The Bertz CT molecular complexity index is 716. The quantitative estimate of drug-likeness (QED) is 0.799. The van der Waals surface area contributed by atoms with E-state index in [0.29, 0.717) is 31.2 Å². The van der Waals surface area contributed by atoms with Gasteiger partial charge in [0.1, 0.15) is 0 Å². The molecule has 0 radical (unpaired) electrons. The predicted molar refractivity (Wildman–Crippen MR) is 102 cm³/mol. The van der Waals surface area contributed by atoms with E-state index < -0.39 is 0 Å². The zero-order valence-electron chi connectivity index (χ0n) is 16.7. The van der Waals surface area contributed by atoms with Gasteiger partial charge in [0, 0.05) is 56.7 Å². The molecule has 5 rings (SSSR count). The summed E-state index contributed by atoms with van der Waals surface area (Å²) in [6.45, 7) is 7.00. The van der Waals surface area contributed by atoms with Gasteiger partial charge in [-0.15, -0.1) is 0 Å². The molecule has 4 saturated heterocycles. The lowest BCUT2D eigenvalue weighted by Gasteiger charge is -2.30. The Kier molecular flexibility index (Phi) is 4.93. The van der Waals surface area contributed by atoms with E-state index in [1.54, 1.807) is 0 Å². The second kappa shape index (κ2) is 7.43. The normalized spacial score (nSPS) is 35.4. The Morgan fingerprint density at radius 1 is 1.36 bits per heavy atom. The molecule has 1 aromatic rings. The van der Waals surface area contributed by atoms with Gasteiger partial charge in [0.2, 0.25) is 5.91 Å². The van der Waals surface area contributed by atoms with Gasteiger partial charge in [-0.25, -0.2) is 0 Å². The summed E-state index contributed by atoms with van der Waals surface area (Å²) in [7, 11) is 0. The molecule has 4 aliphatic rings. The van der Waals surface area contributed by atoms with Crippen LogP contribution < -0.4 is 5.32 Å². The predicted octanol–water partition coefficient (Wildman–Crippen LogP) is 1.76. The van der Waals surface area contributed by atoms with Crippen LogP contribution >= 0.6 is 0 Å². The summed E-state index contributed by atoms with van der Waals surface area (Å²) in [5, 5.41) is 7.36. The minimum atomic E-state index is -0.0215. The summed E-state index contributed by atoms with van der Waals surface area (Å²) in [6, 6.07) is 2.07. The Morgan fingerprint density at radius 3 is 3.00 bits per heavy atom. The molecule has 28 heavy (non-hydrogen) atoms. The van der Waals surface area contributed by atoms with Crippen molar-refractivity contribution in [1.82, 2.24) is 15.4 Å². The molecule has 4 atom stereocenters. The number of ether oxygens (including phenoxy) is 2. The number of hydrogen-bond donors (Lipinski definition) is 1. The number of aromatic nitrogens is 1. The highest BCUT2D eigenvalue weighted by Gasteiger charge is 2.62. The van der Waals surface area contributed by atoms with Gasteiger partial charge in [-0.1, -0.05) is 12.1 Å². The van der Waals surface area contributed by atoms with E-state index in [1.165, 1.54) is 0 Å². The van der Waals surface area contributed by atoms with E-state index in [1.807, 2.05) is 0 Å². The number of hydrogen-bond acceptors (Lipinski definition) is 6. The maximum absolute atomic E-state index is 12.6. The highest BCUT2D eigenvalue weighted by molar-refractivity contribution is 5.78. The van der Waals surface area contributed by atoms with Crippen molar-refractivity contribution in [3.05, 3.63) is 17.5 Å². The van der Waals surface area contributed by atoms with Gasteiger partial charge in [0.25, 0.3) is 0 Å². The summed E-state index contributed by atoms with van der Waals surface area (Å²) < 4.78 is 17.4. The third kappa shape index (κ3) is 3.27.